The summed E-state index contributed by atoms with van der Waals surface area (Å²) in [5.74, 6) is 0.239. The van der Waals surface area contributed by atoms with Crippen molar-refractivity contribution in [2.75, 3.05) is 23.8 Å². The molecule has 2 aromatic rings. The van der Waals surface area contributed by atoms with Gasteiger partial charge in [-0.15, -0.1) is 0 Å². The lowest BCUT2D eigenvalue weighted by Gasteiger charge is -2.11. The smallest absolute Gasteiger partial charge is 0.229 e. The average molecular weight is 444 g/mol. The van der Waals surface area contributed by atoms with Crippen LogP contribution in [0.1, 0.15) is 5.56 Å². The van der Waals surface area contributed by atoms with E-state index in [-0.39, 0.29) is 36.5 Å². The van der Waals surface area contributed by atoms with Crippen LogP contribution < -0.4 is 16.4 Å². The second-order valence-corrected chi connectivity index (χ2v) is 6.31. The molecule has 1 aromatic carbocycles. The van der Waals surface area contributed by atoms with Gasteiger partial charge in [0.15, 0.2) is 5.82 Å². The molecule has 0 bridgehead atoms. The molecule has 0 fully saturated rings. The van der Waals surface area contributed by atoms with Crippen molar-refractivity contribution in [3.05, 3.63) is 57.2 Å². The Morgan fingerprint density at radius 3 is 3.00 bits per heavy atom. The fourth-order valence-electron chi connectivity index (χ4n) is 1.88. The minimum Gasteiger partial charge on any atom is -0.403 e. The Kier molecular flexibility index (Phi) is 7.76. The van der Waals surface area contributed by atoms with Gasteiger partial charge in [-0.05, 0) is 18.2 Å². The van der Waals surface area contributed by atoms with E-state index in [2.05, 4.69) is 41.5 Å². The first-order chi connectivity index (χ1) is 12.5. The molecule has 1 aromatic heterocycles. The van der Waals surface area contributed by atoms with E-state index in [1.165, 1.54) is 24.7 Å². The van der Waals surface area contributed by atoms with Gasteiger partial charge in [-0.3, -0.25) is 4.99 Å². The Labute approximate surface area is 163 Å². The van der Waals surface area contributed by atoms with Crippen LogP contribution in [0.3, 0.4) is 0 Å². The number of anilines is 2. The molecule has 26 heavy (non-hydrogen) atoms. The summed E-state index contributed by atoms with van der Waals surface area (Å²) in [5, 5.41) is 14.9. The maximum absolute atomic E-state index is 13.8. The molecule has 0 unspecified atom stereocenters. The Bertz CT molecular complexity index is 817. The minimum absolute atomic E-state index is 0.0635. The van der Waals surface area contributed by atoms with E-state index in [4.69, 9.17) is 22.4 Å². The van der Waals surface area contributed by atoms with Crippen LogP contribution >= 0.6 is 27.5 Å². The Balaban J connectivity index is 2.10. The molecule has 0 aliphatic rings. The zero-order valence-electron chi connectivity index (χ0n) is 13.6. The van der Waals surface area contributed by atoms with Crippen LogP contribution in [0.25, 0.3) is 0 Å². The molecule has 0 aliphatic carbocycles. The SMILES string of the molecule is NC=C(C=NCCO)Nc1ncc(Cl)c(NCc2cc(Br)ccc2F)n1. The third-order valence-electron chi connectivity index (χ3n) is 3.09. The lowest BCUT2D eigenvalue weighted by Crippen LogP contribution is -2.10. The van der Waals surface area contributed by atoms with Gasteiger partial charge in [0, 0.05) is 29.0 Å². The van der Waals surface area contributed by atoms with Gasteiger partial charge < -0.3 is 21.5 Å². The number of hydrogen-bond donors (Lipinski definition) is 4. The fraction of sp³-hybridized carbons (Fsp3) is 0.188. The summed E-state index contributed by atoms with van der Waals surface area (Å²) in [6.45, 7) is 0.385. The number of aliphatic imine (C=N–C) groups is 1. The first-order valence-corrected chi connectivity index (χ1v) is 8.70. The van der Waals surface area contributed by atoms with Gasteiger partial charge in [-0.25, -0.2) is 9.37 Å². The Morgan fingerprint density at radius 2 is 2.27 bits per heavy atom. The molecule has 1 heterocycles. The zero-order chi connectivity index (χ0) is 18.9. The van der Waals surface area contributed by atoms with Crippen LogP contribution in [0.4, 0.5) is 16.2 Å². The van der Waals surface area contributed by atoms with Gasteiger partial charge in [0.2, 0.25) is 5.95 Å². The van der Waals surface area contributed by atoms with Crippen LogP contribution in [0, 0.1) is 5.82 Å². The third kappa shape index (κ3) is 5.94. The van der Waals surface area contributed by atoms with Gasteiger partial charge in [0.25, 0.3) is 0 Å². The van der Waals surface area contributed by atoms with Gasteiger partial charge in [0.1, 0.15) is 10.8 Å². The number of nitrogens with zero attached hydrogens (tertiary/aromatic N) is 3. The van der Waals surface area contributed by atoms with Crippen molar-refractivity contribution >= 4 is 45.5 Å². The summed E-state index contributed by atoms with van der Waals surface area (Å²) in [6.07, 6.45) is 4.16. The number of nitrogens with one attached hydrogen (secondary N) is 2. The Morgan fingerprint density at radius 1 is 1.46 bits per heavy atom. The molecule has 0 amide bonds. The number of aromatic nitrogens is 2. The van der Waals surface area contributed by atoms with E-state index in [0.29, 0.717) is 17.1 Å². The van der Waals surface area contributed by atoms with Gasteiger partial charge in [0.05, 0.1) is 25.0 Å². The highest BCUT2D eigenvalue weighted by Gasteiger charge is 2.08. The predicted molar refractivity (Wildman–Crippen MR) is 105 cm³/mol. The van der Waals surface area contributed by atoms with Gasteiger partial charge >= 0.3 is 0 Å². The van der Waals surface area contributed by atoms with Crippen molar-refractivity contribution in [2.45, 2.75) is 6.54 Å². The number of benzene rings is 1. The van der Waals surface area contributed by atoms with Crippen LogP contribution in [-0.4, -0.2) is 34.4 Å². The van der Waals surface area contributed by atoms with Crippen LogP contribution in [0.15, 0.2) is 45.8 Å². The molecule has 10 heteroatoms. The summed E-state index contributed by atoms with van der Waals surface area (Å²) in [4.78, 5) is 12.3. The monoisotopic (exact) mass is 442 g/mol. The zero-order valence-corrected chi connectivity index (χ0v) is 15.9. The predicted octanol–water partition coefficient (Wildman–Crippen LogP) is 2.92. The van der Waals surface area contributed by atoms with E-state index in [9.17, 15) is 4.39 Å². The highest BCUT2D eigenvalue weighted by molar-refractivity contribution is 9.10. The number of aliphatic hydroxyl groups is 1. The third-order valence-corrected chi connectivity index (χ3v) is 3.86. The second kappa shape index (κ2) is 10.0. The molecule has 138 valence electrons. The van der Waals surface area contributed by atoms with Crippen molar-refractivity contribution in [1.29, 1.82) is 0 Å². The van der Waals surface area contributed by atoms with Crippen molar-refractivity contribution in [1.82, 2.24) is 9.97 Å². The summed E-state index contributed by atoms with van der Waals surface area (Å²) in [5.41, 5.74) is 6.42. The Hall–Kier alpha value is -2.23. The van der Waals surface area contributed by atoms with E-state index < -0.39 is 0 Å². The van der Waals surface area contributed by atoms with Crippen molar-refractivity contribution in [3.63, 3.8) is 0 Å². The van der Waals surface area contributed by atoms with Gasteiger partial charge in [-0.1, -0.05) is 27.5 Å². The van der Waals surface area contributed by atoms with Crippen LogP contribution in [0.5, 0.6) is 0 Å². The average Bonchev–Trinajstić information content (AvgIpc) is 2.63. The normalized spacial score (nSPS) is 11.8. The topological polar surface area (TPSA) is 108 Å². The minimum atomic E-state index is -0.335. The molecule has 0 radical (unpaired) electrons. The van der Waals surface area contributed by atoms with Crippen molar-refractivity contribution in [2.24, 2.45) is 10.7 Å². The first-order valence-electron chi connectivity index (χ1n) is 7.53. The first kappa shape index (κ1) is 20.1. The van der Waals surface area contributed by atoms with Crippen molar-refractivity contribution in [3.8, 4) is 0 Å². The largest absolute Gasteiger partial charge is 0.403 e. The standard InChI is InChI=1S/C16H17BrClFN6O/c17-11-1-2-14(19)10(5-11)7-22-15-13(18)9-23-16(25-15)24-12(6-20)8-21-3-4-26/h1-2,5-6,8-9,26H,3-4,7,20H2,(H2,22,23,24,25). The molecular formula is C16H17BrClFN6O. The van der Waals surface area contributed by atoms with Crippen LogP contribution in [-0.2, 0) is 6.54 Å². The second-order valence-electron chi connectivity index (χ2n) is 4.99. The quantitative estimate of drug-likeness (QED) is 0.467. The van der Waals surface area contributed by atoms with Gasteiger partial charge in [-0.2, -0.15) is 4.98 Å². The molecule has 0 atom stereocenters. The maximum Gasteiger partial charge on any atom is 0.229 e. The summed E-state index contributed by atoms with van der Waals surface area (Å²) in [6, 6.07) is 4.67. The molecule has 0 spiro atoms. The number of nitrogens with two attached hydrogens (primary N) is 1. The summed E-state index contributed by atoms with van der Waals surface area (Å²) < 4.78 is 14.6. The molecule has 5 N–H and O–H groups in total. The van der Waals surface area contributed by atoms with Crippen molar-refractivity contribution < 1.29 is 9.50 Å². The molecule has 0 saturated heterocycles. The number of hydrogen-bond acceptors (Lipinski definition) is 7. The number of aliphatic hydroxyl groups excluding tert-OH is 1. The molecule has 7 nitrogen and oxygen atoms in total. The maximum atomic E-state index is 13.8. The highest BCUT2D eigenvalue weighted by atomic mass is 79.9. The lowest BCUT2D eigenvalue weighted by atomic mass is 10.2. The number of rotatable bonds is 8. The van der Waals surface area contributed by atoms with E-state index in [0.717, 1.165) is 4.47 Å². The van der Waals surface area contributed by atoms with Crippen LogP contribution in [0.2, 0.25) is 5.02 Å². The van der Waals surface area contributed by atoms with E-state index in [1.807, 2.05) is 0 Å². The molecule has 0 aliphatic heterocycles. The summed E-state index contributed by atoms with van der Waals surface area (Å²) >= 11 is 9.40. The highest BCUT2D eigenvalue weighted by Crippen LogP contribution is 2.22. The lowest BCUT2D eigenvalue weighted by molar-refractivity contribution is 0.307. The van der Waals surface area contributed by atoms with E-state index in [1.54, 1.807) is 12.1 Å². The van der Waals surface area contributed by atoms with E-state index >= 15 is 0 Å². The molecule has 0 saturated carbocycles. The molecular weight excluding hydrogens is 427 g/mol. The molecule has 2 rings (SSSR count). The summed E-state index contributed by atoms with van der Waals surface area (Å²) in [7, 11) is 0. The fourth-order valence-corrected chi connectivity index (χ4v) is 2.44. The number of allylic oxidation sites excluding steroid dienone is 1. The number of halogens is 3.